The topological polar surface area (TPSA) is 52.0 Å². The fourth-order valence-electron chi connectivity index (χ4n) is 1.87. The molecular formula is C15H18N2S. The van der Waals surface area contributed by atoms with E-state index in [4.69, 9.17) is 11.5 Å². The highest BCUT2D eigenvalue weighted by Gasteiger charge is 2.05. The van der Waals surface area contributed by atoms with Gasteiger partial charge >= 0.3 is 0 Å². The number of hydrogen-bond acceptors (Lipinski definition) is 3. The van der Waals surface area contributed by atoms with Gasteiger partial charge in [-0.1, -0.05) is 30.3 Å². The molecule has 3 heteroatoms. The van der Waals surface area contributed by atoms with Crippen LogP contribution < -0.4 is 11.5 Å². The SMILES string of the molecule is CSc1ccc(-c2cccc(C(N)CN)c2)cc1. The van der Waals surface area contributed by atoms with Crippen molar-refractivity contribution in [2.24, 2.45) is 11.5 Å². The van der Waals surface area contributed by atoms with Gasteiger partial charge in [0.15, 0.2) is 0 Å². The quantitative estimate of drug-likeness (QED) is 0.829. The summed E-state index contributed by atoms with van der Waals surface area (Å²) in [5.74, 6) is 0. The number of rotatable bonds is 4. The van der Waals surface area contributed by atoms with Crippen LogP contribution in [0.2, 0.25) is 0 Å². The summed E-state index contributed by atoms with van der Waals surface area (Å²) in [6, 6.07) is 16.7. The first-order valence-corrected chi connectivity index (χ1v) is 7.17. The monoisotopic (exact) mass is 258 g/mol. The van der Waals surface area contributed by atoms with E-state index >= 15 is 0 Å². The predicted octanol–water partition coefficient (Wildman–Crippen LogP) is 3.03. The van der Waals surface area contributed by atoms with Gasteiger partial charge in [0.1, 0.15) is 0 Å². The minimum absolute atomic E-state index is 0.0876. The summed E-state index contributed by atoms with van der Waals surface area (Å²) in [7, 11) is 0. The smallest absolute Gasteiger partial charge is 0.0419 e. The number of thioether (sulfide) groups is 1. The van der Waals surface area contributed by atoms with Gasteiger partial charge in [0.25, 0.3) is 0 Å². The first-order chi connectivity index (χ1) is 8.74. The summed E-state index contributed by atoms with van der Waals surface area (Å²) in [6.07, 6.45) is 2.08. The van der Waals surface area contributed by atoms with Crippen molar-refractivity contribution in [3.8, 4) is 11.1 Å². The summed E-state index contributed by atoms with van der Waals surface area (Å²) in [5.41, 5.74) is 15.0. The van der Waals surface area contributed by atoms with Crippen LogP contribution in [-0.4, -0.2) is 12.8 Å². The average Bonchev–Trinajstić information content (AvgIpc) is 2.46. The van der Waals surface area contributed by atoms with Crippen LogP contribution in [0.15, 0.2) is 53.4 Å². The third-order valence-electron chi connectivity index (χ3n) is 2.99. The number of hydrogen-bond donors (Lipinski definition) is 2. The molecule has 0 bridgehead atoms. The van der Waals surface area contributed by atoms with Crippen molar-refractivity contribution in [1.82, 2.24) is 0 Å². The Bertz CT molecular complexity index is 508. The molecule has 18 heavy (non-hydrogen) atoms. The summed E-state index contributed by atoms with van der Waals surface area (Å²) in [5, 5.41) is 0. The summed E-state index contributed by atoms with van der Waals surface area (Å²) >= 11 is 1.75. The van der Waals surface area contributed by atoms with Gasteiger partial charge in [0.2, 0.25) is 0 Å². The van der Waals surface area contributed by atoms with Crippen LogP contribution in [0, 0.1) is 0 Å². The third-order valence-corrected chi connectivity index (χ3v) is 3.74. The van der Waals surface area contributed by atoms with E-state index in [-0.39, 0.29) is 6.04 Å². The maximum Gasteiger partial charge on any atom is 0.0419 e. The molecule has 0 aromatic heterocycles. The van der Waals surface area contributed by atoms with Gasteiger partial charge in [-0.15, -0.1) is 11.8 Å². The van der Waals surface area contributed by atoms with Gasteiger partial charge < -0.3 is 11.5 Å². The molecule has 0 spiro atoms. The van der Waals surface area contributed by atoms with Crippen molar-refractivity contribution in [3.05, 3.63) is 54.1 Å². The van der Waals surface area contributed by atoms with E-state index in [0.29, 0.717) is 6.54 Å². The second-order valence-corrected chi connectivity index (χ2v) is 5.08. The Labute approximate surface area is 112 Å². The van der Waals surface area contributed by atoms with Crippen molar-refractivity contribution < 1.29 is 0 Å². The van der Waals surface area contributed by atoms with Crippen LogP contribution >= 0.6 is 11.8 Å². The van der Waals surface area contributed by atoms with Crippen LogP contribution in [0.4, 0.5) is 0 Å². The van der Waals surface area contributed by atoms with Crippen molar-refractivity contribution in [2.45, 2.75) is 10.9 Å². The van der Waals surface area contributed by atoms with Crippen LogP contribution in [0.5, 0.6) is 0 Å². The molecular weight excluding hydrogens is 240 g/mol. The fourth-order valence-corrected chi connectivity index (χ4v) is 2.28. The van der Waals surface area contributed by atoms with Gasteiger partial charge in [-0.2, -0.15) is 0 Å². The first-order valence-electron chi connectivity index (χ1n) is 5.94. The molecule has 0 amide bonds. The number of nitrogens with two attached hydrogens (primary N) is 2. The summed E-state index contributed by atoms with van der Waals surface area (Å²) in [6.45, 7) is 0.467. The Balaban J connectivity index is 2.32. The molecule has 0 saturated heterocycles. The lowest BCUT2D eigenvalue weighted by molar-refractivity contribution is 0.737. The molecule has 94 valence electrons. The molecule has 0 radical (unpaired) electrons. The van der Waals surface area contributed by atoms with Gasteiger partial charge in [-0.3, -0.25) is 0 Å². The molecule has 4 N–H and O–H groups in total. The largest absolute Gasteiger partial charge is 0.329 e. The minimum Gasteiger partial charge on any atom is -0.329 e. The summed E-state index contributed by atoms with van der Waals surface area (Å²) in [4.78, 5) is 1.27. The van der Waals surface area contributed by atoms with Crippen LogP contribution in [0.1, 0.15) is 11.6 Å². The maximum atomic E-state index is 5.96. The minimum atomic E-state index is -0.0876. The lowest BCUT2D eigenvalue weighted by Gasteiger charge is -2.11. The Morgan fingerprint density at radius 2 is 1.78 bits per heavy atom. The first kappa shape index (κ1) is 13.1. The molecule has 0 heterocycles. The molecule has 0 aliphatic heterocycles. The fraction of sp³-hybridized carbons (Fsp3) is 0.200. The molecule has 2 aromatic carbocycles. The molecule has 2 rings (SSSR count). The van der Waals surface area contributed by atoms with Gasteiger partial charge in [-0.05, 0) is 41.1 Å². The average molecular weight is 258 g/mol. The second-order valence-electron chi connectivity index (χ2n) is 4.20. The molecule has 2 nitrogen and oxygen atoms in total. The zero-order valence-electron chi connectivity index (χ0n) is 10.5. The molecule has 1 atom stereocenters. The Morgan fingerprint density at radius 3 is 2.39 bits per heavy atom. The Hall–Kier alpha value is -1.29. The highest BCUT2D eigenvalue weighted by atomic mass is 32.2. The Morgan fingerprint density at radius 1 is 1.06 bits per heavy atom. The highest BCUT2D eigenvalue weighted by molar-refractivity contribution is 7.98. The standard InChI is InChI=1S/C15H18N2S/c1-18-14-7-5-11(6-8-14)12-3-2-4-13(9-12)15(17)10-16/h2-9,15H,10,16-17H2,1H3. The Kier molecular flexibility index (Phi) is 4.42. The lowest BCUT2D eigenvalue weighted by Crippen LogP contribution is -2.20. The van der Waals surface area contributed by atoms with E-state index in [0.717, 1.165) is 5.56 Å². The van der Waals surface area contributed by atoms with Crippen molar-refractivity contribution in [1.29, 1.82) is 0 Å². The van der Waals surface area contributed by atoms with E-state index in [1.54, 1.807) is 11.8 Å². The number of benzene rings is 2. The lowest BCUT2D eigenvalue weighted by atomic mass is 10.00. The van der Waals surface area contributed by atoms with Crippen molar-refractivity contribution in [2.75, 3.05) is 12.8 Å². The molecule has 0 aliphatic carbocycles. The van der Waals surface area contributed by atoms with Crippen molar-refractivity contribution in [3.63, 3.8) is 0 Å². The van der Waals surface area contributed by atoms with Gasteiger partial charge in [0.05, 0.1) is 0 Å². The molecule has 1 unspecified atom stereocenters. The predicted molar refractivity (Wildman–Crippen MR) is 79.6 cm³/mol. The van der Waals surface area contributed by atoms with Gasteiger partial charge in [-0.25, -0.2) is 0 Å². The normalized spacial score (nSPS) is 12.4. The maximum absolute atomic E-state index is 5.96. The van der Waals surface area contributed by atoms with Crippen molar-refractivity contribution >= 4 is 11.8 Å². The van der Waals surface area contributed by atoms with Crippen LogP contribution in [-0.2, 0) is 0 Å². The molecule has 0 fully saturated rings. The van der Waals surface area contributed by atoms with Crippen LogP contribution in [0.25, 0.3) is 11.1 Å². The van der Waals surface area contributed by atoms with E-state index in [1.807, 2.05) is 12.1 Å². The van der Waals surface area contributed by atoms with Gasteiger partial charge in [0, 0.05) is 17.5 Å². The summed E-state index contributed by atoms with van der Waals surface area (Å²) < 4.78 is 0. The van der Waals surface area contributed by atoms with E-state index < -0.39 is 0 Å². The molecule has 2 aromatic rings. The van der Waals surface area contributed by atoms with E-state index in [2.05, 4.69) is 42.7 Å². The highest BCUT2D eigenvalue weighted by Crippen LogP contribution is 2.24. The van der Waals surface area contributed by atoms with Crippen LogP contribution in [0.3, 0.4) is 0 Å². The molecule has 0 saturated carbocycles. The zero-order chi connectivity index (χ0) is 13.0. The van der Waals surface area contributed by atoms with E-state index in [1.165, 1.54) is 16.0 Å². The van der Waals surface area contributed by atoms with E-state index in [9.17, 15) is 0 Å². The zero-order valence-corrected chi connectivity index (χ0v) is 11.3. The molecule has 0 aliphatic rings. The third kappa shape index (κ3) is 2.93. The second kappa shape index (κ2) is 6.05.